The SMILES string of the molecule is BrCCc1ccc(-c2noc3ccccc23)cc1. The molecule has 0 fully saturated rings. The van der Waals surface area contributed by atoms with E-state index in [9.17, 15) is 0 Å². The zero-order valence-electron chi connectivity index (χ0n) is 9.77. The van der Waals surface area contributed by atoms with Crippen molar-refractivity contribution in [2.75, 3.05) is 5.33 Å². The van der Waals surface area contributed by atoms with Gasteiger partial charge in [0.2, 0.25) is 0 Å². The number of hydrogen-bond donors (Lipinski definition) is 0. The molecule has 0 radical (unpaired) electrons. The lowest BCUT2D eigenvalue weighted by molar-refractivity contribution is 0.459. The van der Waals surface area contributed by atoms with Gasteiger partial charge in [-0.1, -0.05) is 57.5 Å². The standard InChI is InChI=1S/C15H12BrNO/c16-10-9-11-5-7-12(8-6-11)15-13-3-1-2-4-14(13)18-17-15/h1-8H,9-10H2. The normalized spacial score (nSPS) is 10.9. The summed E-state index contributed by atoms with van der Waals surface area (Å²) >= 11 is 3.45. The molecule has 0 atom stereocenters. The summed E-state index contributed by atoms with van der Waals surface area (Å²) in [6.07, 6.45) is 1.04. The van der Waals surface area contributed by atoms with E-state index in [4.69, 9.17) is 4.52 Å². The first-order valence-corrected chi connectivity index (χ1v) is 7.00. The predicted molar refractivity (Wildman–Crippen MR) is 76.9 cm³/mol. The summed E-state index contributed by atoms with van der Waals surface area (Å²) in [4.78, 5) is 0. The van der Waals surface area contributed by atoms with E-state index in [1.165, 1.54) is 5.56 Å². The monoisotopic (exact) mass is 301 g/mol. The molecule has 0 aliphatic heterocycles. The number of hydrogen-bond acceptors (Lipinski definition) is 2. The average Bonchev–Trinajstić information content (AvgIpc) is 2.84. The second kappa shape index (κ2) is 4.94. The van der Waals surface area contributed by atoms with Crippen LogP contribution in [0.3, 0.4) is 0 Å². The molecule has 2 nitrogen and oxygen atoms in total. The topological polar surface area (TPSA) is 26.0 Å². The minimum absolute atomic E-state index is 0.831. The molecule has 1 aromatic heterocycles. The Balaban J connectivity index is 2.03. The van der Waals surface area contributed by atoms with Gasteiger partial charge in [0.15, 0.2) is 5.58 Å². The lowest BCUT2D eigenvalue weighted by Crippen LogP contribution is -1.85. The second-order valence-corrected chi connectivity index (χ2v) is 4.96. The number of aryl methyl sites for hydroxylation is 1. The molecule has 3 rings (SSSR count). The van der Waals surface area contributed by atoms with Gasteiger partial charge in [-0.3, -0.25) is 0 Å². The fourth-order valence-electron chi connectivity index (χ4n) is 2.03. The highest BCUT2D eigenvalue weighted by Gasteiger charge is 2.09. The van der Waals surface area contributed by atoms with Gasteiger partial charge >= 0.3 is 0 Å². The largest absolute Gasteiger partial charge is 0.356 e. The molecule has 0 saturated carbocycles. The van der Waals surface area contributed by atoms with E-state index in [0.717, 1.165) is 34.0 Å². The van der Waals surface area contributed by atoms with Gasteiger partial charge in [-0.25, -0.2) is 0 Å². The van der Waals surface area contributed by atoms with Crippen LogP contribution in [0.4, 0.5) is 0 Å². The van der Waals surface area contributed by atoms with E-state index in [1.807, 2.05) is 24.3 Å². The van der Waals surface area contributed by atoms with Crippen molar-refractivity contribution in [3.05, 3.63) is 54.1 Å². The summed E-state index contributed by atoms with van der Waals surface area (Å²) in [5, 5.41) is 6.20. The lowest BCUT2D eigenvalue weighted by atomic mass is 10.1. The molecule has 2 aromatic carbocycles. The first-order chi connectivity index (χ1) is 8.88. The Morgan fingerprint density at radius 2 is 1.78 bits per heavy atom. The summed E-state index contributed by atoms with van der Waals surface area (Å²) in [7, 11) is 0. The Hall–Kier alpha value is -1.61. The first kappa shape index (κ1) is 11.5. The molecule has 0 aliphatic carbocycles. The maximum Gasteiger partial charge on any atom is 0.167 e. The smallest absolute Gasteiger partial charge is 0.167 e. The summed E-state index contributed by atoms with van der Waals surface area (Å²) in [6.45, 7) is 0. The lowest BCUT2D eigenvalue weighted by Gasteiger charge is -2.00. The molecule has 18 heavy (non-hydrogen) atoms. The molecule has 0 spiro atoms. The molecule has 0 amide bonds. The van der Waals surface area contributed by atoms with Crippen LogP contribution in [-0.4, -0.2) is 10.5 Å². The number of para-hydroxylation sites is 1. The Kier molecular flexibility index (Phi) is 3.15. The number of benzene rings is 2. The van der Waals surface area contributed by atoms with E-state index in [1.54, 1.807) is 0 Å². The van der Waals surface area contributed by atoms with Gasteiger partial charge in [-0.2, -0.15) is 0 Å². The minimum atomic E-state index is 0.831. The average molecular weight is 302 g/mol. The Labute approximate surface area is 114 Å². The molecule has 90 valence electrons. The van der Waals surface area contributed by atoms with Crippen LogP contribution in [0, 0.1) is 0 Å². The van der Waals surface area contributed by atoms with Crippen molar-refractivity contribution in [3.8, 4) is 11.3 Å². The Morgan fingerprint density at radius 3 is 2.56 bits per heavy atom. The molecule has 1 heterocycles. The van der Waals surface area contributed by atoms with Crippen LogP contribution < -0.4 is 0 Å². The maximum atomic E-state index is 5.32. The van der Waals surface area contributed by atoms with Crippen LogP contribution in [0.1, 0.15) is 5.56 Å². The van der Waals surface area contributed by atoms with Crippen LogP contribution in [-0.2, 0) is 6.42 Å². The third kappa shape index (κ3) is 2.06. The highest BCUT2D eigenvalue weighted by Crippen LogP contribution is 2.27. The summed E-state index contributed by atoms with van der Waals surface area (Å²) < 4.78 is 5.32. The van der Waals surface area contributed by atoms with Crippen molar-refractivity contribution in [2.45, 2.75) is 6.42 Å². The Bertz CT molecular complexity index is 658. The number of aromatic nitrogens is 1. The molecule has 0 N–H and O–H groups in total. The molecular formula is C15H12BrNO. The van der Waals surface area contributed by atoms with Crippen molar-refractivity contribution in [3.63, 3.8) is 0 Å². The predicted octanol–water partition coefficient (Wildman–Crippen LogP) is 4.43. The van der Waals surface area contributed by atoms with Crippen LogP contribution in [0.5, 0.6) is 0 Å². The summed E-state index contributed by atoms with van der Waals surface area (Å²) in [5.74, 6) is 0. The van der Waals surface area contributed by atoms with Crippen molar-refractivity contribution in [2.24, 2.45) is 0 Å². The third-order valence-corrected chi connectivity index (χ3v) is 3.38. The van der Waals surface area contributed by atoms with Gasteiger partial charge < -0.3 is 4.52 Å². The first-order valence-electron chi connectivity index (χ1n) is 5.88. The number of fused-ring (bicyclic) bond motifs is 1. The van der Waals surface area contributed by atoms with Crippen molar-refractivity contribution >= 4 is 26.9 Å². The van der Waals surface area contributed by atoms with Crippen LogP contribution in [0.2, 0.25) is 0 Å². The highest BCUT2D eigenvalue weighted by molar-refractivity contribution is 9.09. The summed E-state index contributed by atoms with van der Waals surface area (Å²) in [6, 6.07) is 16.4. The van der Waals surface area contributed by atoms with E-state index >= 15 is 0 Å². The maximum absolute atomic E-state index is 5.32. The van der Waals surface area contributed by atoms with Crippen molar-refractivity contribution in [1.29, 1.82) is 0 Å². The number of halogens is 1. The number of alkyl halides is 1. The molecule has 0 saturated heterocycles. The van der Waals surface area contributed by atoms with E-state index in [2.05, 4.69) is 45.4 Å². The van der Waals surface area contributed by atoms with Crippen molar-refractivity contribution in [1.82, 2.24) is 5.16 Å². The third-order valence-electron chi connectivity index (χ3n) is 2.99. The quantitative estimate of drug-likeness (QED) is 0.669. The molecular weight excluding hydrogens is 290 g/mol. The summed E-state index contributed by atoms with van der Waals surface area (Å²) in [5.41, 5.74) is 4.16. The van der Waals surface area contributed by atoms with Gasteiger partial charge in [0, 0.05) is 16.3 Å². The van der Waals surface area contributed by atoms with Gasteiger partial charge in [0.1, 0.15) is 5.69 Å². The Morgan fingerprint density at radius 1 is 1.00 bits per heavy atom. The van der Waals surface area contributed by atoms with E-state index in [0.29, 0.717) is 0 Å². The van der Waals surface area contributed by atoms with E-state index in [-0.39, 0.29) is 0 Å². The number of nitrogens with zero attached hydrogens (tertiary/aromatic N) is 1. The van der Waals surface area contributed by atoms with Gasteiger partial charge in [0.25, 0.3) is 0 Å². The van der Waals surface area contributed by atoms with Crippen LogP contribution in [0.15, 0.2) is 53.1 Å². The van der Waals surface area contributed by atoms with Gasteiger partial charge in [0.05, 0.1) is 0 Å². The van der Waals surface area contributed by atoms with Crippen molar-refractivity contribution < 1.29 is 4.52 Å². The fourth-order valence-corrected chi connectivity index (χ4v) is 2.49. The molecule has 3 aromatic rings. The van der Waals surface area contributed by atoms with Gasteiger partial charge in [-0.15, -0.1) is 0 Å². The van der Waals surface area contributed by atoms with Crippen LogP contribution >= 0.6 is 15.9 Å². The zero-order valence-corrected chi connectivity index (χ0v) is 11.4. The van der Waals surface area contributed by atoms with Gasteiger partial charge in [-0.05, 0) is 24.1 Å². The highest BCUT2D eigenvalue weighted by atomic mass is 79.9. The fraction of sp³-hybridized carbons (Fsp3) is 0.133. The molecule has 0 bridgehead atoms. The molecule has 0 aliphatic rings. The molecule has 0 unspecified atom stereocenters. The second-order valence-electron chi connectivity index (χ2n) is 4.16. The van der Waals surface area contributed by atoms with E-state index < -0.39 is 0 Å². The number of rotatable bonds is 3. The zero-order chi connectivity index (χ0) is 12.4. The van der Waals surface area contributed by atoms with Crippen LogP contribution in [0.25, 0.3) is 22.2 Å². The minimum Gasteiger partial charge on any atom is -0.356 e. The molecule has 3 heteroatoms.